The van der Waals surface area contributed by atoms with Crippen LogP contribution in [0.4, 0.5) is 5.69 Å². The van der Waals surface area contributed by atoms with Crippen molar-refractivity contribution >= 4 is 23.4 Å². The van der Waals surface area contributed by atoms with Crippen LogP contribution in [0.5, 0.6) is 5.75 Å². The molecule has 0 unspecified atom stereocenters. The molecular formula is C21H23N3O3S. The van der Waals surface area contributed by atoms with Crippen molar-refractivity contribution < 1.29 is 13.9 Å². The van der Waals surface area contributed by atoms with E-state index in [0.717, 1.165) is 11.3 Å². The van der Waals surface area contributed by atoms with Crippen molar-refractivity contribution in [3.8, 4) is 17.2 Å². The van der Waals surface area contributed by atoms with E-state index in [4.69, 9.17) is 9.15 Å². The maximum Gasteiger partial charge on any atom is 0.277 e. The Labute approximate surface area is 168 Å². The van der Waals surface area contributed by atoms with Crippen LogP contribution in [0.25, 0.3) is 11.5 Å². The van der Waals surface area contributed by atoms with E-state index in [2.05, 4.69) is 35.4 Å². The Morgan fingerprint density at radius 1 is 1.18 bits per heavy atom. The van der Waals surface area contributed by atoms with E-state index in [1.807, 2.05) is 49.4 Å². The molecule has 0 spiro atoms. The normalized spacial score (nSPS) is 10.9. The third-order valence-corrected chi connectivity index (χ3v) is 4.81. The Hall–Kier alpha value is -2.80. The molecule has 0 fully saturated rings. The van der Waals surface area contributed by atoms with E-state index in [1.165, 1.54) is 17.3 Å². The highest BCUT2D eigenvalue weighted by atomic mass is 32.2. The zero-order valence-electron chi connectivity index (χ0n) is 16.1. The molecule has 3 aromatic rings. The molecule has 0 radical (unpaired) electrons. The van der Waals surface area contributed by atoms with E-state index in [1.54, 1.807) is 0 Å². The summed E-state index contributed by atoms with van der Waals surface area (Å²) < 4.78 is 11.3. The van der Waals surface area contributed by atoms with Crippen LogP contribution in [0.15, 0.2) is 58.2 Å². The average Bonchev–Trinajstić information content (AvgIpc) is 3.16. The standard InChI is InChI=1S/C21H23N3O3S/c1-4-26-18-11-6-5-10-17(18)20-23-24-21(27-20)28-13-19(25)22-16-9-7-8-15(12-16)14(2)3/h5-12,14H,4,13H2,1-3H3,(H,22,25). The van der Waals surface area contributed by atoms with Gasteiger partial charge in [-0.25, -0.2) is 0 Å². The number of amides is 1. The Balaban J connectivity index is 1.60. The number of nitrogens with zero attached hydrogens (tertiary/aromatic N) is 2. The fourth-order valence-electron chi connectivity index (χ4n) is 2.60. The Morgan fingerprint density at radius 2 is 2.00 bits per heavy atom. The monoisotopic (exact) mass is 397 g/mol. The van der Waals surface area contributed by atoms with Crippen molar-refractivity contribution in [1.29, 1.82) is 0 Å². The van der Waals surface area contributed by atoms with Gasteiger partial charge in [0.1, 0.15) is 5.75 Å². The fraction of sp³-hybridized carbons (Fsp3) is 0.286. The van der Waals surface area contributed by atoms with Crippen LogP contribution in [0.2, 0.25) is 0 Å². The molecule has 1 amide bonds. The van der Waals surface area contributed by atoms with E-state index < -0.39 is 0 Å². The van der Waals surface area contributed by atoms with Gasteiger partial charge in [0.15, 0.2) is 0 Å². The first-order chi connectivity index (χ1) is 13.6. The summed E-state index contributed by atoms with van der Waals surface area (Å²) in [5, 5.41) is 11.3. The summed E-state index contributed by atoms with van der Waals surface area (Å²) in [6, 6.07) is 15.3. The highest BCUT2D eigenvalue weighted by molar-refractivity contribution is 7.99. The van der Waals surface area contributed by atoms with Gasteiger partial charge < -0.3 is 14.5 Å². The summed E-state index contributed by atoms with van der Waals surface area (Å²) in [5.74, 6) is 1.52. The molecule has 2 aromatic carbocycles. The molecule has 6 nitrogen and oxygen atoms in total. The number of hydrogen-bond donors (Lipinski definition) is 1. The van der Waals surface area contributed by atoms with Crippen LogP contribution in [0, 0.1) is 0 Å². The topological polar surface area (TPSA) is 77.2 Å². The first kappa shape index (κ1) is 19.9. The lowest BCUT2D eigenvalue weighted by Crippen LogP contribution is -2.14. The SMILES string of the molecule is CCOc1ccccc1-c1nnc(SCC(=O)Nc2cccc(C(C)C)c2)o1. The van der Waals surface area contributed by atoms with Crippen LogP contribution in [-0.4, -0.2) is 28.5 Å². The maximum absolute atomic E-state index is 12.2. The van der Waals surface area contributed by atoms with Gasteiger partial charge in [0.05, 0.1) is 17.9 Å². The minimum Gasteiger partial charge on any atom is -0.493 e. The van der Waals surface area contributed by atoms with Crippen molar-refractivity contribution in [1.82, 2.24) is 10.2 Å². The smallest absolute Gasteiger partial charge is 0.277 e. The number of anilines is 1. The second kappa shape index (κ2) is 9.41. The number of rotatable bonds is 8. The third kappa shape index (κ3) is 5.13. The number of ether oxygens (including phenoxy) is 1. The molecule has 28 heavy (non-hydrogen) atoms. The number of benzene rings is 2. The number of aromatic nitrogens is 2. The summed E-state index contributed by atoms with van der Waals surface area (Å²) >= 11 is 1.20. The van der Waals surface area contributed by atoms with Gasteiger partial charge >= 0.3 is 0 Å². The van der Waals surface area contributed by atoms with E-state index in [-0.39, 0.29) is 11.7 Å². The van der Waals surface area contributed by atoms with Gasteiger partial charge in [0, 0.05) is 5.69 Å². The van der Waals surface area contributed by atoms with Gasteiger partial charge in [-0.3, -0.25) is 4.79 Å². The van der Waals surface area contributed by atoms with Gasteiger partial charge in [0.2, 0.25) is 5.91 Å². The maximum atomic E-state index is 12.2. The Morgan fingerprint density at radius 3 is 2.79 bits per heavy atom. The Bertz CT molecular complexity index is 940. The first-order valence-corrected chi connectivity index (χ1v) is 10.1. The molecule has 0 aliphatic heterocycles. The van der Waals surface area contributed by atoms with Crippen molar-refractivity contribution in [3.63, 3.8) is 0 Å². The van der Waals surface area contributed by atoms with Crippen molar-refractivity contribution in [2.75, 3.05) is 17.7 Å². The van der Waals surface area contributed by atoms with Gasteiger partial charge in [-0.1, -0.05) is 49.9 Å². The summed E-state index contributed by atoms with van der Waals surface area (Å²) in [6.07, 6.45) is 0. The quantitative estimate of drug-likeness (QED) is 0.540. The van der Waals surface area contributed by atoms with Gasteiger partial charge in [-0.05, 0) is 42.7 Å². The zero-order valence-corrected chi connectivity index (χ0v) is 17.0. The summed E-state index contributed by atoms with van der Waals surface area (Å²) in [7, 11) is 0. The number of carbonyl (C=O) groups excluding carboxylic acids is 1. The molecule has 3 rings (SSSR count). The first-order valence-electron chi connectivity index (χ1n) is 9.15. The predicted octanol–water partition coefficient (Wildman–Crippen LogP) is 4.99. The minimum absolute atomic E-state index is 0.125. The molecule has 0 saturated heterocycles. The highest BCUT2D eigenvalue weighted by Gasteiger charge is 2.15. The molecule has 1 heterocycles. The molecule has 1 N–H and O–H groups in total. The Kier molecular flexibility index (Phi) is 6.71. The number of carbonyl (C=O) groups is 1. The lowest BCUT2D eigenvalue weighted by atomic mass is 10.0. The molecule has 7 heteroatoms. The second-order valence-electron chi connectivity index (χ2n) is 6.42. The van der Waals surface area contributed by atoms with E-state index >= 15 is 0 Å². The van der Waals surface area contributed by atoms with Crippen LogP contribution in [0.3, 0.4) is 0 Å². The van der Waals surface area contributed by atoms with Crippen LogP contribution >= 0.6 is 11.8 Å². The van der Waals surface area contributed by atoms with Crippen LogP contribution in [0.1, 0.15) is 32.3 Å². The largest absolute Gasteiger partial charge is 0.493 e. The molecule has 0 saturated carbocycles. The van der Waals surface area contributed by atoms with Gasteiger partial charge in [-0.2, -0.15) is 0 Å². The molecule has 0 aliphatic rings. The van der Waals surface area contributed by atoms with E-state index in [9.17, 15) is 4.79 Å². The van der Waals surface area contributed by atoms with E-state index in [0.29, 0.717) is 29.4 Å². The summed E-state index contributed by atoms with van der Waals surface area (Å²) in [6.45, 7) is 6.70. The highest BCUT2D eigenvalue weighted by Crippen LogP contribution is 2.30. The van der Waals surface area contributed by atoms with Crippen molar-refractivity contribution in [2.24, 2.45) is 0 Å². The van der Waals surface area contributed by atoms with Crippen molar-refractivity contribution in [2.45, 2.75) is 31.9 Å². The summed E-state index contributed by atoms with van der Waals surface area (Å²) in [4.78, 5) is 12.2. The summed E-state index contributed by atoms with van der Waals surface area (Å²) in [5.41, 5.74) is 2.70. The number of hydrogen-bond acceptors (Lipinski definition) is 6. The molecule has 0 atom stereocenters. The molecule has 146 valence electrons. The third-order valence-electron chi connectivity index (χ3n) is 3.99. The van der Waals surface area contributed by atoms with Crippen molar-refractivity contribution in [3.05, 3.63) is 54.1 Å². The number of thioether (sulfide) groups is 1. The van der Waals surface area contributed by atoms with Gasteiger partial charge in [0.25, 0.3) is 11.1 Å². The average molecular weight is 398 g/mol. The molecule has 0 aliphatic carbocycles. The molecule has 1 aromatic heterocycles. The predicted molar refractivity (Wildman–Crippen MR) is 111 cm³/mol. The second-order valence-corrected chi connectivity index (χ2v) is 7.35. The van der Waals surface area contributed by atoms with Crippen LogP contribution in [-0.2, 0) is 4.79 Å². The fourth-order valence-corrected chi connectivity index (χ4v) is 3.16. The van der Waals surface area contributed by atoms with Gasteiger partial charge in [-0.15, -0.1) is 10.2 Å². The lowest BCUT2D eigenvalue weighted by Gasteiger charge is -2.09. The molecular weight excluding hydrogens is 374 g/mol. The lowest BCUT2D eigenvalue weighted by molar-refractivity contribution is -0.113. The minimum atomic E-state index is -0.125. The number of nitrogens with one attached hydrogen (secondary N) is 1. The van der Waals surface area contributed by atoms with Crippen LogP contribution < -0.4 is 10.1 Å². The molecule has 0 bridgehead atoms. The zero-order chi connectivity index (χ0) is 19.9. The number of para-hydroxylation sites is 1.